The van der Waals surface area contributed by atoms with Crippen LogP contribution in [0.25, 0.3) is 33.4 Å². The van der Waals surface area contributed by atoms with Crippen LogP contribution in [-0.2, 0) is 5.41 Å². The van der Waals surface area contributed by atoms with Crippen LogP contribution in [0.15, 0.2) is 222 Å². The molecule has 0 aliphatic carbocycles. The van der Waals surface area contributed by atoms with Crippen LogP contribution in [-0.4, -0.2) is 14.8 Å². The molecule has 294 valence electrons. The van der Waals surface area contributed by atoms with Gasteiger partial charge in [-0.15, -0.1) is 0 Å². The molecule has 0 amide bonds. The van der Waals surface area contributed by atoms with Crippen molar-refractivity contribution in [1.29, 1.82) is 0 Å². The third-order valence-corrected chi connectivity index (χ3v) is 19.2. The molecule has 0 atom stereocenters. The zero-order chi connectivity index (χ0) is 45.9. The van der Waals surface area contributed by atoms with Gasteiger partial charge in [0.15, 0.2) is 8.07 Å². The Balaban J connectivity index is 1.21. The molecule has 0 saturated heterocycles. The van der Waals surface area contributed by atoms with Crippen molar-refractivity contribution >= 4 is 80.7 Å². The van der Waals surface area contributed by atoms with E-state index in [2.05, 4.69) is 202 Å². The summed E-state index contributed by atoms with van der Waals surface area (Å²) in [4.78, 5) is 4.54. The maximum Gasteiger partial charge on any atom is 0.249 e. The Morgan fingerprint density at radius 1 is 0.500 bits per heavy atom. The lowest BCUT2D eigenvalue weighted by Gasteiger charge is -2.42. The van der Waals surface area contributed by atoms with Crippen molar-refractivity contribution in [1.82, 2.24) is 0 Å². The summed E-state index contributed by atoms with van der Waals surface area (Å²) in [6.45, 7) is 6.54. The molecule has 12 rings (SSSR count). The van der Waals surface area contributed by atoms with Crippen LogP contribution in [0.5, 0.6) is 0 Å². The summed E-state index contributed by atoms with van der Waals surface area (Å²) in [5.41, 5.74) is 13.3. The van der Waals surface area contributed by atoms with E-state index in [1.54, 1.807) is 11.8 Å². The Kier molecular flexibility index (Phi) is 7.39. The lowest BCUT2D eigenvalue weighted by atomic mass is 9.34. The predicted octanol–water partition coefficient (Wildman–Crippen LogP) is 10.4. The molecular weight excluding hydrogens is 782 g/mol. The van der Waals surface area contributed by atoms with Crippen molar-refractivity contribution in [3.05, 3.63) is 218 Å². The molecule has 0 radical (unpaired) electrons. The number of rotatable bonds is 5. The first kappa shape index (κ1) is 32.2. The van der Waals surface area contributed by atoms with Gasteiger partial charge in [0.1, 0.15) is 0 Å². The molecule has 0 saturated carbocycles. The summed E-state index contributed by atoms with van der Waals surface area (Å²) in [6.07, 6.45) is 0. The van der Waals surface area contributed by atoms with E-state index in [1.165, 1.54) is 48.4 Å². The normalized spacial score (nSPS) is 15.2. The van der Waals surface area contributed by atoms with Crippen LogP contribution in [0.2, 0.25) is 0 Å². The maximum absolute atomic E-state index is 9.21. The van der Waals surface area contributed by atoms with Crippen LogP contribution in [0.4, 0.5) is 17.1 Å². The van der Waals surface area contributed by atoms with Crippen molar-refractivity contribution < 1.29 is 6.85 Å². The van der Waals surface area contributed by atoms with E-state index in [-0.39, 0.29) is 41.9 Å². The molecule has 0 aromatic heterocycles. The van der Waals surface area contributed by atoms with Gasteiger partial charge in [-0.05, 0) is 112 Å². The molecule has 0 spiro atoms. The lowest BCUT2D eigenvalue weighted by molar-refractivity contribution is 0.590. The highest BCUT2D eigenvalue weighted by Gasteiger charge is 2.51. The van der Waals surface area contributed by atoms with Crippen LogP contribution in [0.1, 0.15) is 33.2 Å². The molecule has 3 heterocycles. The summed E-state index contributed by atoms with van der Waals surface area (Å²) < 4.78 is 44.4. The number of hydrogen-bond acceptors (Lipinski definition) is 2. The monoisotopic (exact) mass is 830 g/mol. The minimum absolute atomic E-state index is 0.0639. The van der Waals surface area contributed by atoms with E-state index in [1.807, 2.05) is 6.07 Å². The van der Waals surface area contributed by atoms with E-state index in [0.717, 1.165) is 43.4 Å². The Labute approximate surface area is 377 Å². The second-order valence-electron chi connectivity index (χ2n) is 17.7. The number of fused-ring (bicyclic) bond motifs is 7. The second-order valence-corrected chi connectivity index (χ2v) is 22.5. The van der Waals surface area contributed by atoms with Crippen molar-refractivity contribution in [3.8, 4) is 33.4 Å². The quantitative estimate of drug-likeness (QED) is 0.159. The van der Waals surface area contributed by atoms with Gasteiger partial charge in [-0.2, -0.15) is 0 Å². The van der Waals surface area contributed by atoms with Gasteiger partial charge in [0.2, 0.25) is 6.71 Å². The van der Waals surface area contributed by atoms with Gasteiger partial charge in [-0.25, -0.2) is 0 Å². The van der Waals surface area contributed by atoms with Gasteiger partial charge >= 0.3 is 0 Å². The Hall–Kier alpha value is -6.59. The van der Waals surface area contributed by atoms with Gasteiger partial charge in [-0.1, -0.05) is 214 Å². The summed E-state index contributed by atoms with van der Waals surface area (Å²) in [6, 6.07) is 65.2. The van der Waals surface area contributed by atoms with E-state index in [9.17, 15) is 2.74 Å². The average Bonchev–Trinajstić information content (AvgIpc) is 3.64. The first-order valence-corrected chi connectivity index (χ1v) is 24.2. The van der Waals surface area contributed by atoms with E-state index < -0.39 is 14.1 Å². The molecule has 0 unspecified atom stereocenters. The van der Waals surface area contributed by atoms with Crippen molar-refractivity contribution in [2.24, 2.45) is 0 Å². The first-order valence-electron chi connectivity index (χ1n) is 23.9. The Morgan fingerprint density at radius 3 is 1.84 bits per heavy atom. The molecule has 3 aliphatic rings. The highest BCUT2D eigenvalue weighted by molar-refractivity contribution is 8.00. The molecule has 3 aliphatic heterocycles. The highest BCUT2D eigenvalue weighted by atomic mass is 32.2. The molecule has 9 aromatic rings. The fourth-order valence-corrected chi connectivity index (χ4v) is 16.8. The van der Waals surface area contributed by atoms with Crippen LogP contribution in [0, 0.1) is 0 Å². The Morgan fingerprint density at radius 2 is 1.15 bits per heavy atom. The number of benzene rings is 9. The van der Waals surface area contributed by atoms with Crippen LogP contribution in [0.3, 0.4) is 0 Å². The van der Waals surface area contributed by atoms with Gasteiger partial charge < -0.3 is 4.90 Å². The number of nitrogens with zero attached hydrogens (tertiary/aromatic N) is 1. The molecule has 4 heteroatoms. The third-order valence-electron chi connectivity index (χ3n) is 13.2. The van der Waals surface area contributed by atoms with Crippen LogP contribution < -0.4 is 42.0 Å². The summed E-state index contributed by atoms with van der Waals surface area (Å²) in [5.74, 6) is 0. The van der Waals surface area contributed by atoms with Crippen molar-refractivity contribution in [2.75, 3.05) is 4.90 Å². The zero-order valence-corrected chi connectivity index (χ0v) is 36.6. The van der Waals surface area contributed by atoms with Crippen molar-refractivity contribution in [3.63, 3.8) is 0 Å². The smallest absolute Gasteiger partial charge is 0.249 e. The molecule has 0 bridgehead atoms. The Bertz CT molecular complexity index is 3420. The molecule has 0 N–H and O–H groups in total. The number of anilines is 3. The second kappa shape index (κ2) is 14.2. The van der Waals surface area contributed by atoms with E-state index in [4.69, 9.17) is 4.11 Å². The van der Waals surface area contributed by atoms with Gasteiger partial charge in [-0.3, -0.25) is 0 Å². The largest absolute Gasteiger partial charge is 0.311 e. The molecule has 0 fully saturated rings. The minimum atomic E-state index is -2.92. The zero-order valence-electron chi connectivity index (χ0n) is 39.8. The lowest BCUT2D eigenvalue weighted by Crippen LogP contribution is -2.73. The van der Waals surface area contributed by atoms with Gasteiger partial charge in [0, 0.05) is 26.9 Å². The minimum Gasteiger partial charge on any atom is -0.311 e. The molecule has 62 heavy (non-hydrogen) atoms. The molecule has 9 aromatic carbocycles. The number of hydrogen-bond donors (Lipinski definition) is 0. The average molecular weight is 831 g/mol. The standard InChI is InChI=1S/C58H44BNSSi/c1-58(2,3)43-29-31-44(32-30-43)60-51-38-56-48(47-26-16-17-27-55(47)62(56,45-22-12-6-13-23-45)46-24-14-7-15-25-46)37-50(51)59-49-33-28-41(39-18-8-4-9-19-39)35-53(49)61-54-36-42(34-52(60)57(54)59)40-20-10-5-11-21-40/h4-38H,1-3H3/i5D,10D,11D,20D,21D. The summed E-state index contributed by atoms with van der Waals surface area (Å²) >= 11 is 1.70. The van der Waals surface area contributed by atoms with E-state index >= 15 is 0 Å². The third kappa shape index (κ3) is 5.63. The van der Waals surface area contributed by atoms with Crippen molar-refractivity contribution in [2.45, 2.75) is 36.0 Å². The summed E-state index contributed by atoms with van der Waals surface area (Å²) in [5, 5.41) is 5.35. The first-order chi connectivity index (χ1) is 32.4. The summed E-state index contributed by atoms with van der Waals surface area (Å²) in [7, 11) is -2.92. The van der Waals surface area contributed by atoms with E-state index in [0.29, 0.717) is 5.56 Å². The molecular formula is C58H44BNSSi. The van der Waals surface area contributed by atoms with Gasteiger partial charge in [0.05, 0.1) is 6.85 Å². The topological polar surface area (TPSA) is 3.24 Å². The SMILES string of the molecule is [2H]c1c([2H])c([2H])c(-c2cc3c4c(c2)N(c2ccc(C(C)(C)C)cc2)c2cc5c(cc2B4c2ccc(-c4ccccc4)cc2S3)-c2ccccc2[Si]5(c2ccccc2)c2ccccc2)c([2H])c1[2H]. The molecule has 1 nitrogen and oxygen atoms in total. The highest BCUT2D eigenvalue weighted by Crippen LogP contribution is 2.46. The predicted molar refractivity (Wildman–Crippen MR) is 269 cm³/mol. The fraction of sp³-hybridized carbons (Fsp3) is 0.0690. The maximum atomic E-state index is 9.21. The van der Waals surface area contributed by atoms with Crippen LogP contribution >= 0.6 is 11.8 Å². The fourth-order valence-electron chi connectivity index (χ4n) is 10.4. The van der Waals surface area contributed by atoms with Gasteiger partial charge in [0.25, 0.3) is 0 Å².